The van der Waals surface area contributed by atoms with Gasteiger partial charge in [0.2, 0.25) is 5.91 Å². The molecule has 0 spiro atoms. The van der Waals surface area contributed by atoms with E-state index in [0.717, 1.165) is 21.1 Å². The third-order valence-corrected chi connectivity index (χ3v) is 3.96. The molecule has 1 saturated heterocycles. The van der Waals surface area contributed by atoms with E-state index in [9.17, 15) is 9.59 Å². The van der Waals surface area contributed by atoms with E-state index in [1.165, 1.54) is 0 Å². The number of urea groups is 1. The van der Waals surface area contributed by atoms with Crippen LogP contribution in [0.2, 0.25) is 0 Å². The van der Waals surface area contributed by atoms with Crippen molar-refractivity contribution in [1.82, 2.24) is 9.88 Å². The van der Waals surface area contributed by atoms with Crippen LogP contribution in [0.3, 0.4) is 0 Å². The van der Waals surface area contributed by atoms with Crippen LogP contribution in [0, 0.1) is 0 Å². The fraction of sp³-hybridized carbons (Fsp3) is 0.231. The molecule has 3 rings (SSSR count). The second-order valence-corrected chi connectivity index (χ2v) is 5.40. The summed E-state index contributed by atoms with van der Waals surface area (Å²) in [4.78, 5) is 24.6. The molecule has 1 aromatic carbocycles. The molecule has 0 radical (unpaired) electrons. The molecule has 0 saturated carbocycles. The van der Waals surface area contributed by atoms with Gasteiger partial charge in [-0.3, -0.25) is 15.0 Å². The average Bonchev–Trinajstić information content (AvgIpc) is 2.72. The Morgan fingerprint density at radius 1 is 1.32 bits per heavy atom. The number of anilines is 1. The molecule has 1 N–H and O–H groups in total. The predicted molar refractivity (Wildman–Crippen MR) is 76.1 cm³/mol. The number of imide groups is 1. The van der Waals surface area contributed by atoms with Crippen molar-refractivity contribution in [1.29, 1.82) is 0 Å². The van der Waals surface area contributed by atoms with Gasteiger partial charge in [-0.15, -0.1) is 0 Å². The first-order valence-electron chi connectivity index (χ1n) is 5.92. The van der Waals surface area contributed by atoms with E-state index in [0.29, 0.717) is 13.0 Å². The molecule has 1 aromatic heterocycles. The van der Waals surface area contributed by atoms with Gasteiger partial charge in [0.15, 0.2) is 0 Å². The normalized spacial score (nSPS) is 16.0. The Kier molecular flexibility index (Phi) is 2.82. The van der Waals surface area contributed by atoms with Crippen molar-refractivity contribution in [2.75, 3.05) is 11.4 Å². The Hall–Kier alpha value is -1.82. The number of nitrogens with zero attached hydrogens (tertiary/aromatic N) is 2. The van der Waals surface area contributed by atoms with Crippen molar-refractivity contribution in [2.45, 2.75) is 6.42 Å². The summed E-state index contributed by atoms with van der Waals surface area (Å²) in [6.07, 6.45) is 2.30. The maximum absolute atomic E-state index is 11.8. The molecule has 0 atom stereocenters. The fourth-order valence-electron chi connectivity index (χ4n) is 2.28. The monoisotopic (exact) mass is 321 g/mol. The molecule has 98 valence electrons. The topological polar surface area (TPSA) is 54.3 Å². The van der Waals surface area contributed by atoms with E-state index in [1.54, 1.807) is 4.90 Å². The quantitative estimate of drug-likeness (QED) is 0.876. The molecular weight excluding hydrogens is 310 g/mol. The maximum atomic E-state index is 11.8. The van der Waals surface area contributed by atoms with Gasteiger partial charge in [0.05, 0.1) is 5.52 Å². The number of halogens is 1. The van der Waals surface area contributed by atoms with Gasteiger partial charge in [-0.1, -0.05) is 15.9 Å². The summed E-state index contributed by atoms with van der Waals surface area (Å²) in [6.45, 7) is 0.410. The highest BCUT2D eigenvalue weighted by Gasteiger charge is 2.24. The summed E-state index contributed by atoms with van der Waals surface area (Å²) in [5.74, 6) is -0.222. The highest BCUT2D eigenvalue weighted by molar-refractivity contribution is 9.10. The van der Waals surface area contributed by atoms with Crippen LogP contribution < -0.4 is 10.2 Å². The largest absolute Gasteiger partial charge is 0.350 e. The zero-order valence-electron chi connectivity index (χ0n) is 10.3. The summed E-state index contributed by atoms with van der Waals surface area (Å²) in [6, 6.07) is 5.51. The number of fused-ring (bicyclic) bond motifs is 1. The van der Waals surface area contributed by atoms with E-state index in [-0.39, 0.29) is 11.9 Å². The van der Waals surface area contributed by atoms with Gasteiger partial charge in [-0.2, -0.15) is 0 Å². The van der Waals surface area contributed by atoms with E-state index >= 15 is 0 Å². The number of carbonyl (C=O) groups excluding carboxylic acids is 2. The van der Waals surface area contributed by atoms with Crippen LogP contribution in [0.15, 0.2) is 28.9 Å². The van der Waals surface area contributed by atoms with Crippen LogP contribution in [0.1, 0.15) is 6.42 Å². The molecule has 6 heteroatoms. The van der Waals surface area contributed by atoms with Gasteiger partial charge in [-0.05, 0) is 18.2 Å². The molecule has 1 aliphatic rings. The highest BCUT2D eigenvalue weighted by Crippen LogP contribution is 2.31. The number of benzene rings is 1. The second-order valence-electron chi connectivity index (χ2n) is 4.54. The molecule has 0 bridgehead atoms. The van der Waals surface area contributed by atoms with Crippen molar-refractivity contribution >= 4 is 44.5 Å². The first kappa shape index (κ1) is 12.2. The zero-order chi connectivity index (χ0) is 13.6. The standard InChI is InChI=1S/C13H12BrN3O2/c1-16-4-2-9-10(14)6-8(7-11(9)16)17-5-3-12(18)15-13(17)19/h2,4,6-7H,3,5H2,1H3,(H,15,18,19). The molecule has 5 nitrogen and oxygen atoms in total. The van der Waals surface area contributed by atoms with Crippen molar-refractivity contribution < 1.29 is 9.59 Å². The number of aromatic nitrogens is 1. The van der Waals surface area contributed by atoms with Crippen molar-refractivity contribution in [3.63, 3.8) is 0 Å². The number of hydrogen-bond donors (Lipinski definition) is 1. The first-order chi connectivity index (χ1) is 9.06. The van der Waals surface area contributed by atoms with E-state index in [1.807, 2.05) is 36.0 Å². The van der Waals surface area contributed by atoms with Crippen LogP contribution in [0.25, 0.3) is 10.9 Å². The summed E-state index contributed by atoms with van der Waals surface area (Å²) in [5, 5.41) is 3.43. The lowest BCUT2D eigenvalue weighted by Crippen LogP contribution is -2.49. The van der Waals surface area contributed by atoms with Crippen molar-refractivity contribution in [3.8, 4) is 0 Å². The summed E-state index contributed by atoms with van der Waals surface area (Å²) in [5.41, 5.74) is 1.82. The Labute approximate surface area is 118 Å². The molecule has 2 aromatic rings. The number of aryl methyl sites for hydroxylation is 1. The lowest BCUT2D eigenvalue weighted by atomic mass is 10.2. The second kappa shape index (κ2) is 4.38. The molecule has 0 unspecified atom stereocenters. The molecule has 0 aliphatic carbocycles. The Balaban J connectivity index is 2.07. The SMILES string of the molecule is Cn1ccc2c(Br)cc(N3CCC(=O)NC3=O)cc21. The van der Waals surface area contributed by atoms with E-state index in [2.05, 4.69) is 21.2 Å². The third kappa shape index (κ3) is 2.02. The predicted octanol–water partition coefficient (Wildman–Crippen LogP) is 2.39. The minimum atomic E-state index is -0.364. The van der Waals surface area contributed by atoms with Crippen molar-refractivity contribution in [2.24, 2.45) is 7.05 Å². The Morgan fingerprint density at radius 2 is 2.11 bits per heavy atom. The minimum Gasteiger partial charge on any atom is -0.350 e. The maximum Gasteiger partial charge on any atom is 0.328 e. The number of carbonyl (C=O) groups is 2. The summed E-state index contributed by atoms with van der Waals surface area (Å²) >= 11 is 3.52. The molecule has 1 aliphatic heterocycles. The number of rotatable bonds is 1. The van der Waals surface area contributed by atoms with E-state index < -0.39 is 0 Å². The number of hydrogen-bond acceptors (Lipinski definition) is 2. The molecule has 2 heterocycles. The molecule has 1 fully saturated rings. The van der Waals surface area contributed by atoms with Crippen LogP contribution in [0.5, 0.6) is 0 Å². The lowest BCUT2D eigenvalue weighted by Gasteiger charge is -2.26. The van der Waals surface area contributed by atoms with Gasteiger partial charge in [-0.25, -0.2) is 4.79 Å². The summed E-state index contributed by atoms with van der Waals surface area (Å²) in [7, 11) is 1.96. The highest BCUT2D eigenvalue weighted by atomic mass is 79.9. The summed E-state index contributed by atoms with van der Waals surface area (Å²) < 4.78 is 2.93. The van der Waals surface area contributed by atoms with E-state index in [4.69, 9.17) is 0 Å². The fourth-order valence-corrected chi connectivity index (χ4v) is 2.85. The third-order valence-electron chi connectivity index (χ3n) is 3.30. The average molecular weight is 322 g/mol. The van der Waals surface area contributed by atoms with Gasteiger partial charge >= 0.3 is 6.03 Å². The number of amides is 3. The van der Waals surface area contributed by atoms with Crippen LogP contribution in [0.4, 0.5) is 10.5 Å². The Morgan fingerprint density at radius 3 is 2.84 bits per heavy atom. The van der Waals surface area contributed by atoms with Gasteiger partial charge in [0.1, 0.15) is 0 Å². The number of nitrogens with one attached hydrogen (secondary N) is 1. The molecule has 3 amide bonds. The molecular formula is C13H12BrN3O2. The zero-order valence-corrected chi connectivity index (χ0v) is 11.9. The lowest BCUT2D eigenvalue weighted by molar-refractivity contribution is -0.120. The van der Waals surface area contributed by atoms with Gasteiger partial charge in [0.25, 0.3) is 0 Å². The minimum absolute atomic E-state index is 0.222. The Bertz CT molecular complexity index is 692. The smallest absolute Gasteiger partial charge is 0.328 e. The van der Waals surface area contributed by atoms with Crippen LogP contribution >= 0.6 is 15.9 Å². The van der Waals surface area contributed by atoms with Crippen molar-refractivity contribution in [3.05, 3.63) is 28.9 Å². The van der Waals surface area contributed by atoms with Crippen LogP contribution in [-0.4, -0.2) is 23.1 Å². The van der Waals surface area contributed by atoms with Gasteiger partial charge < -0.3 is 4.57 Å². The first-order valence-corrected chi connectivity index (χ1v) is 6.71. The van der Waals surface area contributed by atoms with Crippen LogP contribution in [-0.2, 0) is 11.8 Å². The van der Waals surface area contributed by atoms with Gasteiger partial charge in [0, 0.05) is 41.8 Å². The molecule has 19 heavy (non-hydrogen) atoms.